The molecular weight excluding hydrogens is 282 g/mol. The normalized spacial score (nSPS) is 10.3. The number of hydrogen-bond donors (Lipinski definition) is 2. The van der Waals surface area contributed by atoms with E-state index in [9.17, 15) is 10.2 Å². The Morgan fingerprint density at radius 3 is 2.24 bits per heavy atom. The number of phenolic OH excluding ortho intramolecular Hbond substituents is 2. The third kappa shape index (κ3) is 2.80. The molecule has 0 bridgehead atoms. The average molecular weight is 295 g/mol. The SMILES string of the molecule is Oc1ccc2cc3ccccc3cc2c1O.c1cscn1. The summed E-state index contributed by atoms with van der Waals surface area (Å²) < 4.78 is 0. The standard InChI is InChI=1S/C14H10O2.C3H3NS/c15-13-6-5-11-7-9-3-1-2-4-10(9)8-12(11)14(13)16;1-2-5-3-4-1/h1-8,15-16H;1-3H. The van der Waals surface area contributed by atoms with Crippen molar-refractivity contribution < 1.29 is 10.2 Å². The predicted molar refractivity (Wildman–Crippen MR) is 86.9 cm³/mol. The van der Waals surface area contributed by atoms with Crippen LogP contribution >= 0.6 is 11.3 Å². The quantitative estimate of drug-likeness (QED) is 0.370. The van der Waals surface area contributed by atoms with Crippen molar-refractivity contribution in [1.29, 1.82) is 0 Å². The minimum Gasteiger partial charge on any atom is -0.504 e. The van der Waals surface area contributed by atoms with Crippen LogP contribution in [0.5, 0.6) is 11.5 Å². The fraction of sp³-hybridized carbons (Fsp3) is 0. The molecule has 0 spiro atoms. The van der Waals surface area contributed by atoms with Crippen LogP contribution in [0.25, 0.3) is 21.5 Å². The molecule has 1 aromatic heterocycles. The number of aromatic nitrogens is 1. The molecule has 1 heterocycles. The monoisotopic (exact) mass is 295 g/mol. The van der Waals surface area contributed by atoms with Gasteiger partial charge in [0, 0.05) is 17.0 Å². The first-order valence-corrected chi connectivity index (χ1v) is 7.35. The van der Waals surface area contributed by atoms with Gasteiger partial charge in [-0.3, -0.25) is 4.98 Å². The summed E-state index contributed by atoms with van der Waals surface area (Å²) in [5, 5.41) is 24.9. The summed E-state index contributed by atoms with van der Waals surface area (Å²) in [4.78, 5) is 3.74. The third-order valence-electron chi connectivity index (χ3n) is 3.18. The van der Waals surface area contributed by atoms with Crippen molar-refractivity contribution in [1.82, 2.24) is 4.98 Å². The molecule has 21 heavy (non-hydrogen) atoms. The molecule has 0 aliphatic rings. The van der Waals surface area contributed by atoms with Crippen molar-refractivity contribution in [2.24, 2.45) is 0 Å². The van der Waals surface area contributed by atoms with Gasteiger partial charge in [-0.05, 0) is 34.4 Å². The van der Waals surface area contributed by atoms with Gasteiger partial charge in [0.15, 0.2) is 11.5 Å². The van der Waals surface area contributed by atoms with Crippen molar-refractivity contribution >= 4 is 32.9 Å². The second kappa shape index (κ2) is 5.81. The van der Waals surface area contributed by atoms with E-state index in [1.54, 1.807) is 29.1 Å². The van der Waals surface area contributed by atoms with Crippen LogP contribution in [0.1, 0.15) is 0 Å². The smallest absolute Gasteiger partial charge is 0.165 e. The van der Waals surface area contributed by atoms with Crippen LogP contribution in [0.2, 0.25) is 0 Å². The molecule has 0 atom stereocenters. The summed E-state index contributed by atoms with van der Waals surface area (Å²) in [6.45, 7) is 0. The first kappa shape index (κ1) is 13.4. The van der Waals surface area contributed by atoms with Gasteiger partial charge in [0.25, 0.3) is 0 Å². The fourth-order valence-corrected chi connectivity index (χ4v) is 2.51. The summed E-state index contributed by atoms with van der Waals surface area (Å²) >= 11 is 1.60. The lowest BCUT2D eigenvalue weighted by Gasteiger charge is -2.05. The van der Waals surface area contributed by atoms with E-state index >= 15 is 0 Å². The largest absolute Gasteiger partial charge is 0.504 e. The van der Waals surface area contributed by atoms with Gasteiger partial charge in [-0.25, -0.2) is 0 Å². The molecule has 3 nitrogen and oxygen atoms in total. The maximum atomic E-state index is 9.77. The lowest BCUT2D eigenvalue weighted by molar-refractivity contribution is 0.408. The van der Waals surface area contributed by atoms with Gasteiger partial charge in [-0.15, -0.1) is 11.3 Å². The van der Waals surface area contributed by atoms with E-state index in [4.69, 9.17) is 0 Å². The van der Waals surface area contributed by atoms with E-state index in [1.807, 2.05) is 41.8 Å². The molecule has 0 saturated heterocycles. The molecule has 3 aromatic carbocycles. The highest BCUT2D eigenvalue weighted by Crippen LogP contribution is 2.35. The maximum Gasteiger partial charge on any atom is 0.165 e. The number of aromatic hydroxyl groups is 2. The number of thiazole rings is 1. The zero-order valence-electron chi connectivity index (χ0n) is 11.1. The molecule has 0 aliphatic carbocycles. The lowest BCUT2D eigenvalue weighted by atomic mass is 10.0. The van der Waals surface area contributed by atoms with Gasteiger partial charge in [-0.2, -0.15) is 0 Å². The highest BCUT2D eigenvalue weighted by molar-refractivity contribution is 7.07. The van der Waals surface area contributed by atoms with Crippen molar-refractivity contribution in [2.75, 3.05) is 0 Å². The molecule has 4 rings (SSSR count). The van der Waals surface area contributed by atoms with Crippen LogP contribution < -0.4 is 0 Å². The Hall–Kier alpha value is -2.59. The minimum atomic E-state index is -0.0808. The van der Waals surface area contributed by atoms with Crippen LogP contribution in [-0.4, -0.2) is 15.2 Å². The molecule has 0 amide bonds. The number of rotatable bonds is 0. The summed E-state index contributed by atoms with van der Waals surface area (Å²) in [6.07, 6.45) is 1.77. The summed E-state index contributed by atoms with van der Waals surface area (Å²) in [7, 11) is 0. The summed E-state index contributed by atoms with van der Waals surface area (Å²) in [5.74, 6) is -0.133. The van der Waals surface area contributed by atoms with E-state index in [2.05, 4.69) is 4.98 Å². The molecule has 104 valence electrons. The molecule has 2 N–H and O–H groups in total. The second-order valence-electron chi connectivity index (χ2n) is 4.53. The molecular formula is C17H13NO2S. The maximum absolute atomic E-state index is 9.77. The number of phenols is 2. The van der Waals surface area contributed by atoms with E-state index in [-0.39, 0.29) is 11.5 Å². The molecule has 0 saturated carbocycles. The van der Waals surface area contributed by atoms with Crippen molar-refractivity contribution in [3.05, 3.63) is 65.6 Å². The highest BCUT2D eigenvalue weighted by Gasteiger charge is 2.05. The number of fused-ring (bicyclic) bond motifs is 2. The zero-order chi connectivity index (χ0) is 14.7. The fourth-order valence-electron chi connectivity index (χ4n) is 2.16. The average Bonchev–Trinajstić information content (AvgIpc) is 3.09. The van der Waals surface area contributed by atoms with Crippen LogP contribution in [0.3, 0.4) is 0 Å². The zero-order valence-corrected chi connectivity index (χ0v) is 11.9. The van der Waals surface area contributed by atoms with Gasteiger partial charge in [-0.1, -0.05) is 30.3 Å². The van der Waals surface area contributed by atoms with Gasteiger partial charge < -0.3 is 10.2 Å². The Morgan fingerprint density at radius 2 is 1.62 bits per heavy atom. The van der Waals surface area contributed by atoms with E-state index in [0.29, 0.717) is 5.39 Å². The Morgan fingerprint density at radius 1 is 0.857 bits per heavy atom. The van der Waals surface area contributed by atoms with Crippen molar-refractivity contribution in [3.8, 4) is 11.5 Å². The molecule has 0 aliphatic heterocycles. The summed E-state index contributed by atoms with van der Waals surface area (Å²) in [6, 6.07) is 15.1. The first-order valence-electron chi connectivity index (χ1n) is 6.41. The highest BCUT2D eigenvalue weighted by atomic mass is 32.1. The first-order chi connectivity index (χ1) is 10.3. The van der Waals surface area contributed by atoms with Crippen LogP contribution in [0, 0.1) is 0 Å². The van der Waals surface area contributed by atoms with E-state index in [0.717, 1.165) is 16.2 Å². The Kier molecular flexibility index (Phi) is 3.71. The second-order valence-corrected chi connectivity index (χ2v) is 5.28. The molecule has 4 aromatic rings. The van der Waals surface area contributed by atoms with Crippen molar-refractivity contribution in [3.63, 3.8) is 0 Å². The number of benzene rings is 3. The molecule has 0 fully saturated rings. The van der Waals surface area contributed by atoms with E-state index in [1.165, 1.54) is 6.07 Å². The lowest BCUT2D eigenvalue weighted by Crippen LogP contribution is -1.77. The molecule has 0 radical (unpaired) electrons. The van der Waals surface area contributed by atoms with Gasteiger partial charge >= 0.3 is 0 Å². The van der Waals surface area contributed by atoms with Crippen molar-refractivity contribution in [2.45, 2.75) is 0 Å². The van der Waals surface area contributed by atoms with E-state index < -0.39 is 0 Å². The Balaban J connectivity index is 0.000000225. The van der Waals surface area contributed by atoms with Crippen LogP contribution in [-0.2, 0) is 0 Å². The molecule has 4 heteroatoms. The Bertz CT molecular complexity index is 855. The van der Waals surface area contributed by atoms with Crippen LogP contribution in [0.4, 0.5) is 0 Å². The Labute approximate surface area is 125 Å². The van der Waals surface area contributed by atoms with Gasteiger partial charge in [0.1, 0.15) is 0 Å². The third-order valence-corrected chi connectivity index (χ3v) is 3.71. The molecule has 0 unspecified atom stereocenters. The van der Waals surface area contributed by atoms with Crippen LogP contribution in [0.15, 0.2) is 65.6 Å². The number of hydrogen-bond acceptors (Lipinski definition) is 4. The topological polar surface area (TPSA) is 53.4 Å². The summed E-state index contributed by atoms with van der Waals surface area (Å²) in [5.41, 5.74) is 1.79. The minimum absolute atomic E-state index is 0.0525. The van der Waals surface area contributed by atoms with Gasteiger partial charge in [0.05, 0.1) is 5.51 Å². The number of nitrogens with zero attached hydrogens (tertiary/aromatic N) is 1. The predicted octanol–water partition coefficient (Wildman–Crippen LogP) is 4.55. The van der Waals surface area contributed by atoms with Gasteiger partial charge in [0.2, 0.25) is 0 Å².